The van der Waals surface area contributed by atoms with Crippen LogP contribution in [0.3, 0.4) is 0 Å². The van der Waals surface area contributed by atoms with Crippen molar-refractivity contribution >= 4 is 0 Å². The zero-order valence-electron chi connectivity index (χ0n) is 7.94. The Kier molecular flexibility index (Phi) is 2.84. The summed E-state index contributed by atoms with van der Waals surface area (Å²) in [5.74, 6) is 0.444. The first-order valence-electron chi connectivity index (χ1n) is 4.87. The molecule has 0 amide bonds. The summed E-state index contributed by atoms with van der Waals surface area (Å²) in [4.78, 5) is 3.97. The van der Waals surface area contributed by atoms with Gasteiger partial charge >= 0.3 is 0 Å². The lowest BCUT2D eigenvalue weighted by molar-refractivity contribution is 0.155. The summed E-state index contributed by atoms with van der Waals surface area (Å²) in [7, 11) is 0. The van der Waals surface area contributed by atoms with E-state index < -0.39 is 0 Å². The summed E-state index contributed by atoms with van der Waals surface area (Å²) in [6.45, 7) is 1.88. The molecule has 2 rings (SSSR count). The van der Waals surface area contributed by atoms with E-state index in [1.807, 2.05) is 0 Å². The summed E-state index contributed by atoms with van der Waals surface area (Å²) in [5, 5.41) is 12.7. The van der Waals surface area contributed by atoms with Crippen molar-refractivity contribution in [3.8, 4) is 11.6 Å². The highest BCUT2D eigenvalue weighted by Gasteiger charge is 2.16. The summed E-state index contributed by atoms with van der Waals surface area (Å²) >= 11 is 0. The molecule has 0 bridgehead atoms. The van der Waals surface area contributed by atoms with E-state index in [9.17, 15) is 5.11 Å². The monoisotopic (exact) mass is 194 g/mol. The molecular formula is C10H14N2O2. The van der Waals surface area contributed by atoms with Crippen molar-refractivity contribution < 1.29 is 9.84 Å². The lowest BCUT2D eigenvalue weighted by Crippen LogP contribution is -2.37. The van der Waals surface area contributed by atoms with Gasteiger partial charge in [-0.05, 0) is 31.5 Å². The molecule has 0 spiro atoms. The van der Waals surface area contributed by atoms with E-state index in [2.05, 4.69) is 10.3 Å². The van der Waals surface area contributed by atoms with Gasteiger partial charge in [-0.3, -0.25) is 0 Å². The maximum absolute atomic E-state index is 9.43. The molecule has 1 atom stereocenters. The van der Waals surface area contributed by atoms with E-state index in [-0.39, 0.29) is 11.9 Å². The molecule has 1 aromatic rings. The molecule has 0 aromatic carbocycles. The molecule has 4 nitrogen and oxygen atoms in total. The van der Waals surface area contributed by atoms with Crippen molar-refractivity contribution in [3.05, 3.63) is 18.3 Å². The average Bonchev–Trinajstić information content (AvgIpc) is 2.23. The van der Waals surface area contributed by atoms with Gasteiger partial charge in [-0.2, -0.15) is 0 Å². The fraction of sp³-hybridized carbons (Fsp3) is 0.500. The predicted molar refractivity (Wildman–Crippen MR) is 52.4 cm³/mol. The molecule has 76 valence electrons. The Morgan fingerprint density at radius 1 is 1.57 bits per heavy atom. The van der Waals surface area contributed by atoms with Crippen molar-refractivity contribution in [2.75, 3.05) is 13.1 Å². The van der Waals surface area contributed by atoms with Gasteiger partial charge < -0.3 is 15.2 Å². The summed E-state index contributed by atoms with van der Waals surface area (Å²) < 4.78 is 5.56. The number of rotatable bonds is 2. The molecule has 0 aliphatic carbocycles. The fourth-order valence-electron chi connectivity index (χ4n) is 1.55. The Bertz CT molecular complexity index is 298. The minimum Gasteiger partial charge on any atom is -0.503 e. The van der Waals surface area contributed by atoms with Crippen molar-refractivity contribution in [2.24, 2.45) is 0 Å². The normalized spacial score (nSPS) is 21.9. The summed E-state index contributed by atoms with van der Waals surface area (Å²) in [5.41, 5.74) is 0. The minimum atomic E-state index is 0.109. The van der Waals surface area contributed by atoms with Crippen LogP contribution in [0.4, 0.5) is 0 Å². The van der Waals surface area contributed by atoms with Gasteiger partial charge in [0, 0.05) is 12.7 Å². The van der Waals surface area contributed by atoms with Crippen LogP contribution < -0.4 is 10.1 Å². The maximum Gasteiger partial charge on any atom is 0.257 e. The molecule has 1 aliphatic rings. The van der Waals surface area contributed by atoms with Crippen molar-refractivity contribution in [3.63, 3.8) is 0 Å². The zero-order chi connectivity index (χ0) is 9.80. The number of aromatic hydroxyl groups is 1. The standard InChI is InChI=1S/C10H14N2O2/c13-9-4-2-6-12-10(9)14-8-3-1-5-11-7-8/h2,4,6,8,11,13H,1,3,5,7H2/t8-/m0/s1. The highest BCUT2D eigenvalue weighted by molar-refractivity contribution is 5.30. The quantitative estimate of drug-likeness (QED) is 0.735. The first-order valence-corrected chi connectivity index (χ1v) is 4.87. The lowest BCUT2D eigenvalue weighted by atomic mass is 10.1. The van der Waals surface area contributed by atoms with E-state index in [1.165, 1.54) is 0 Å². The van der Waals surface area contributed by atoms with Crippen LogP contribution in [-0.2, 0) is 0 Å². The molecule has 1 aromatic heterocycles. The Morgan fingerprint density at radius 3 is 3.21 bits per heavy atom. The SMILES string of the molecule is Oc1cccnc1O[C@H]1CCCNC1. The number of hydrogen-bond acceptors (Lipinski definition) is 4. The third-order valence-electron chi connectivity index (χ3n) is 2.28. The smallest absolute Gasteiger partial charge is 0.257 e. The zero-order valence-corrected chi connectivity index (χ0v) is 7.94. The molecule has 2 heterocycles. The lowest BCUT2D eigenvalue weighted by Gasteiger charge is -2.23. The van der Waals surface area contributed by atoms with Gasteiger partial charge in [0.15, 0.2) is 5.75 Å². The Morgan fingerprint density at radius 2 is 2.50 bits per heavy atom. The summed E-state index contributed by atoms with van der Waals surface area (Å²) in [6, 6.07) is 3.26. The average molecular weight is 194 g/mol. The van der Waals surface area contributed by atoms with Crippen LogP contribution in [0.25, 0.3) is 0 Å². The van der Waals surface area contributed by atoms with E-state index in [1.54, 1.807) is 18.3 Å². The van der Waals surface area contributed by atoms with Gasteiger partial charge in [-0.25, -0.2) is 4.98 Å². The predicted octanol–water partition coefficient (Wildman–Crippen LogP) is 0.918. The summed E-state index contributed by atoms with van der Waals surface area (Å²) in [6.07, 6.45) is 3.87. The molecular weight excluding hydrogens is 180 g/mol. The number of hydrogen-bond donors (Lipinski definition) is 2. The van der Waals surface area contributed by atoms with Crippen LogP contribution in [0.15, 0.2) is 18.3 Å². The van der Waals surface area contributed by atoms with E-state index >= 15 is 0 Å². The molecule has 0 saturated carbocycles. The van der Waals surface area contributed by atoms with Crippen molar-refractivity contribution in [1.29, 1.82) is 0 Å². The number of nitrogens with zero attached hydrogens (tertiary/aromatic N) is 1. The van der Waals surface area contributed by atoms with Crippen LogP contribution in [-0.4, -0.2) is 29.3 Å². The number of pyridine rings is 1. The molecule has 0 radical (unpaired) electrons. The van der Waals surface area contributed by atoms with Gasteiger partial charge in [0.25, 0.3) is 5.88 Å². The van der Waals surface area contributed by atoms with Gasteiger partial charge in [0.1, 0.15) is 6.10 Å². The van der Waals surface area contributed by atoms with E-state index in [0.29, 0.717) is 5.88 Å². The first kappa shape index (κ1) is 9.27. The van der Waals surface area contributed by atoms with Crippen molar-refractivity contribution in [2.45, 2.75) is 18.9 Å². The third kappa shape index (κ3) is 2.14. The van der Waals surface area contributed by atoms with Crippen LogP contribution in [0.2, 0.25) is 0 Å². The molecule has 2 N–H and O–H groups in total. The second-order valence-corrected chi connectivity index (χ2v) is 3.41. The third-order valence-corrected chi connectivity index (χ3v) is 2.28. The molecule has 4 heteroatoms. The number of ether oxygens (including phenoxy) is 1. The number of nitrogens with one attached hydrogen (secondary N) is 1. The first-order chi connectivity index (χ1) is 6.86. The molecule has 0 unspecified atom stereocenters. The Balaban J connectivity index is 1.99. The maximum atomic E-state index is 9.43. The van der Waals surface area contributed by atoms with Gasteiger partial charge in [0.05, 0.1) is 0 Å². The van der Waals surface area contributed by atoms with Crippen LogP contribution in [0, 0.1) is 0 Å². The highest BCUT2D eigenvalue weighted by atomic mass is 16.5. The van der Waals surface area contributed by atoms with E-state index in [4.69, 9.17) is 4.74 Å². The van der Waals surface area contributed by atoms with Gasteiger partial charge in [0.2, 0.25) is 0 Å². The molecule has 14 heavy (non-hydrogen) atoms. The number of piperidine rings is 1. The number of aromatic nitrogens is 1. The molecule has 1 saturated heterocycles. The van der Waals surface area contributed by atoms with Crippen LogP contribution in [0.1, 0.15) is 12.8 Å². The largest absolute Gasteiger partial charge is 0.503 e. The molecule has 1 fully saturated rings. The van der Waals surface area contributed by atoms with Crippen LogP contribution >= 0.6 is 0 Å². The topological polar surface area (TPSA) is 54.4 Å². The van der Waals surface area contributed by atoms with E-state index in [0.717, 1.165) is 25.9 Å². The minimum absolute atomic E-state index is 0.109. The second-order valence-electron chi connectivity index (χ2n) is 3.41. The van der Waals surface area contributed by atoms with Gasteiger partial charge in [-0.1, -0.05) is 0 Å². The molecule has 1 aliphatic heterocycles. The van der Waals surface area contributed by atoms with Gasteiger partial charge in [-0.15, -0.1) is 0 Å². The van der Waals surface area contributed by atoms with Crippen LogP contribution in [0.5, 0.6) is 11.6 Å². The Hall–Kier alpha value is -1.29. The highest BCUT2D eigenvalue weighted by Crippen LogP contribution is 2.23. The van der Waals surface area contributed by atoms with Crippen molar-refractivity contribution in [1.82, 2.24) is 10.3 Å². The Labute approximate surface area is 82.9 Å². The second kappa shape index (κ2) is 4.28. The fourth-order valence-corrected chi connectivity index (χ4v) is 1.55.